The van der Waals surface area contributed by atoms with Gasteiger partial charge in [0.15, 0.2) is 0 Å². The van der Waals surface area contributed by atoms with Gasteiger partial charge >= 0.3 is 0 Å². The standard InChI is InChI=1S/C17H21FN4O/c1-17(2,3)22-11-12(10-19-22)16(23)21-8-7-20(4)15-9-13(18)5-6-14(15)21/h5-6,9-11H,7-8H2,1-4H3. The van der Waals surface area contributed by atoms with Crippen molar-refractivity contribution < 1.29 is 9.18 Å². The van der Waals surface area contributed by atoms with Gasteiger partial charge in [-0.25, -0.2) is 4.39 Å². The van der Waals surface area contributed by atoms with E-state index >= 15 is 0 Å². The minimum atomic E-state index is -0.301. The third kappa shape index (κ3) is 2.81. The van der Waals surface area contributed by atoms with Crippen LogP contribution in [0.3, 0.4) is 0 Å². The lowest BCUT2D eigenvalue weighted by atomic mass is 10.1. The molecule has 0 bridgehead atoms. The number of halogens is 1. The minimum Gasteiger partial charge on any atom is -0.371 e. The maximum atomic E-state index is 13.5. The van der Waals surface area contributed by atoms with Crippen LogP contribution in [0.25, 0.3) is 0 Å². The first-order chi connectivity index (χ1) is 10.8. The van der Waals surface area contributed by atoms with Crippen molar-refractivity contribution in [2.24, 2.45) is 0 Å². The maximum absolute atomic E-state index is 13.5. The molecule has 3 rings (SSSR count). The number of nitrogens with zero attached hydrogens (tertiary/aromatic N) is 4. The number of carbonyl (C=O) groups is 1. The lowest BCUT2D eigenvalue weighted by Crippen LogP contribution is -2.42. The molecular formula is C17H21FN4O. The molecule has 0 atom stereocenters. The average molecular weight is 316 g/mol. The molecule has 23 heavy (non-hydrogen) atoms. The van der Waals surface area contributed by atoms with Gasteiger partial charge in [-0.15, -0.1) is 0 Å². The largest absolute Gasteiger partial charge is 0.371 e. The lowest BCUT2D eigenvalue weighted by molar-refractivity contribution is 0.0986. The van der Waals surface area contributed by atoms with Gasteiger partial charge in [0, 0.05) is 26.3 Å². The van der Waals surface area contributed by atoms with Gasteiger partial charge in [0.2, 0.25) is 0 Å². The predicted octanol–water partition coefficient (Wildman–Crippen LogP) is 2.87. The van der Waals surface area contributed by atoms with Gasteiger partial charge in [-0.1, -0.05) is 0 Å². The monoisotopic (exact) mass is 316 g/mol. The van der Waals surface area contributed by atoms with Crippen molar-refractivity contribution in [2.45, 2.75) is 26.3 Å². The van der Waals surface area contributed by atoms with Gasteiger partial charge in [0.25, 0.3) is 5.91 Å². The number of amides is 1. The Morgan fingerprint density at radius 1 is 1.22 bits per heavy atom. The molecule has 0 fully saturated rings. The number of hydrogen-bond acceptors (Lipinski definition) is 3. The van der Waals surface area contributed by atoms with Crippen LogP contribution in [0.2, 0.25) is 0 Å². The van der Waals surface area contributed by atoms with Crippen LogP contribution in [0, 0.1) is 5.82 Å². The van der Waals surface area contributed by atoms with Crippen molar-refractivity contribution in [1.29, 1.82) is 0 Å². The number of fused-ring (bicyclic) bond motifs is 1. The van der Waals surface area contributed by atoms with Gasteiger partial charge in [-0.3, -0.25) is 9.48 Å². The molecule has 0 radical (unpaired) electrons. The van der Waals surface area contributed by atoms with Crippen LogP contribution in [0.4, 0.5) is 15.8 Å². The van der Waals surface area contributed by atoms with Gasteiger partial charge in [0.1, 0.15) is 5.82 Å². The Kier molecular flexibility index (Phi) is 3.62. The van der Waals surface area contributed by atoms with Crippen LogP contribution in [-0.2, 0) is 5.54 Å². The fraction of sp³-hybridized carbons (Fsp3) is 0.412. The topological polar surface area (TPSA) is 41.4 Å². The molecule has 6 heteroatoms. The highest BCUT2D eigenvalue weighted by Crippen LogP contribution is 2.33. The Bertz CT molecular complexity index is 747. The van der Waals surface area contributed by atoms with Gasteiger partial charge in [-0.2, -0.15) is 5.10 Å². The number of carbonyl (C=O) groups excluding carboxylic acids is 1. The van der Waals surface area contributed by atoms with Crippen molar-refractivity contribution in [1.82, 2.24) is 9.78 Å². The summed E-state index contributed by atoms with van der Waals surface area (Å²) in [6.45, 7) is 7.32. The van der Waals surface area contributed by atoms with Gasteiger partial charge in [-0.05, 0) is 39.0 Å². The first-order valence-corrected chi connectivity index (χ1v) is 7.65. The summed E-state index contributed by atoms with van der Waals surface area (Å²) in [5.74, 6) is -0.410. The number of anilines is 2. The molecule has 0 spiro atoms. The number of rotatable bonds is 1. The predicted molar refractivity (Wildman–Crippen MR) is 88.6 cm³/mol. The third-order valence-corrected chi connectivity index (χ3v) is 4.06. The zero-order valence-electron chi connectivity index (χ0n) is 13.9. The fourth-order valence-electron chi connectivity index (χ4n) is 2.69. The van der Waals surface area contributed by atoms with E-state index in [-0.39, 0.29) is 17.3 Å². The summed E-state index contributed by atoms with van der Waals surface area (Å²) in [4.78, 5) is 16.5. The minimum absolute atomic E-state index is 0.110. The zero-order chi connectivity index (χ0) is 16.8. The van der Waals surface area contributed by atoms with E-state index in [0.717, 1.165) is 11.4 Å². The van der Waals surface area contributed by atoms with E-state index in [4.69, 9.17) is 0 Å². The highest BCUT2D eigenvalue weighted by Gasteiger charge is 2.28. The molecule has 122 valence electrons. The van der Waals surface area contributed by atoms with Crippen molar-refractivity contribution in [2.75, 3.05) is 29.9 Å². The summed E-state index contributed by atoms with van der Waals surface area (Å²) in [7, 11) is 1.90. The van der Waals surface area contributed by atoms with Crippen molar-refractivity contribution in [3.63, 3.8) is 0 Å². The Balaban J connectivity index is 1.95. The van der Waals surface area contributed by atoms with E-state index < -0.39 is 0 Å². The van der Waals surface area contributed by atoms with Crippen LogP contribution in [-0.4, -0.2) is 35.8 Å². The molecule has 0 aliphatic carbocycles. The molecule has 0 unspecified atom stereocenters. The van der Waals surface area contributed by atoms with Gasteiger partial charge < -0.3 is 9.80 Å². The van der Waals surface area contributed by atoms with Crippen LogP contribution >= 0.6 is 0 Å². The van der Waals surface area contributed by atoms with Crippen LogP contribution < -0.4 is 9.80 Å². The number of aromatic nitrogens is 2. The van der Waals surface area contributed by atoms with E-state index in [2.05, 4.69) is 5.10 Å². The van der Waals surface area contributed by atoms with Crippen molar-refractivity contribution >= 4 is 17.3 Å². The normalized spacial score (nSPS) is 14.8. The van der Waals surface area contributed by atoms with E-state index in [1.165, 1.54) is 12.1 Å². The van der Waals surface area contributed by atoms with Crippen molar-refractivity contribution in [3.05, 3.63) is 42.0 Å². The summed E-state index contributed by atoms with van der Waals surface area (Å²) in [6, 6.07) is 4.51. The summed E-state index contributed by atoms with van der Waals surface area (Å²) >= 11 is 0. The number of benzene rings is 1. The highest BCUT2D eigenvalue weighted by atomic mass is 19.1. The molecule has 1 aliphatic rings. The Hall–Kier alpha value is -2.37. The Morgan fingerprint density at radius 3 is 2.61 bits per heavy atom. The SMILES string of the molecule is CN1CCN(C(=O)c2cnn(C(C)(C)C)c2)c2ccc(F)cc21. The molecule has 1 aliphatic heterocycles. The van der Waals surface area contributed by atoms with E-state index in [1.54, 1.807) is 28.0 Å². The average Bonchev–Trinajstić information content (AvgIpc) is 2.97. The molecule has 0 saturated heterocycles. The molecule has 1 aromatic heterocycles. The Labute approximate surface area is 135 Å². The number of likely N-dealkylation sites (N-methyl/N-ethyl adjacent to an activating group) is 1. The van der Waals surface area contributed by atoms with E-state index in [1.807, 2.05) is 32.7 Å². The fourth-order valence-corrected chi connectivity index (χ4v) is 2.69. The van der Waals surface area contributed by atoms with Crippen molar-refractivity contribution in [3.8, 4) is 0 Å². The highest BCUT2D eigenvalue weighted by molar-refractivity contribution is 6.08. The molecule has 1 amide bonds. The number of hydrogen-bond donors (Lipinski definition) is 0. The van der Waals surface area contributed by atoms with Crippen LogP contribution in [0.15, 0.2) is 30.6 Å². The maximum Gasteiger partial charge on any atom is 0.261 e. The Morgan fingerprint density at radius 2 is 1.96 bits per heavy atom. The first kappa shape index (κ1) is 15.5. The molecule has 2 aromatic rings. The second-order valence-electron chi connectivity index (χ2n) is 6.86. The van der Waals surface area contributed by atoms with Gasteiger partial charge in [0.05, 0.1) is 28.7 Å². The lowest BCUT2D eigenvalue weighted by Gasteiger charge is -2.35. The van der Waals surface area contributed by atoms with E-state index in [0.29, 0.717) is 18.7 Å². The molecule has 0 saturated carbocycles. The zero-order valence-corrected chi connectivity index (χ0v) is 13.9. The molecule has 1 aromatic carbocycles. The van der Waals surface area contributed by atoms with Crippen LogP contribution in [0.5, 0.6) is 0 Å². The third-order valence-electron chi connectivity index (χ3n) is 4.06. The second kappa shape index (κ2) is 5.37. The summed E-state index contributed by atoms with van der Waals surface area (Å²) < 4.78 is 15.3. The molecule has 5 nitrogen and oxygen atoms in total. The molecular weight excluding hydrogens is 295 g/mol. The molecule has 2 heterocycles. The van der Waals surface area contributed by atoms with E-state index in [9.17, 15) is 9.18 Å². The summed E-state index contributed by atoms with van der Waals surface area (Å²) in [6.07, 6.45) is 3.36. The summed E-state index contributed by atoms with van der Waals surface area (Å²) in [5, 5.41) is 4.29. The quantitative estimate of drug-likeness (QED) is 0.812. The smallest absolute Gasteiger partial charge is 0.261 e. The summed E-state index contributed by atoms with van der Waals surface area (Å²) in [5.41, 5.74) is 1.82. The second-order valence-corrected chi connectivity index (χ2v) is 6.86. The van der Waals surface area contributed by atoms with Crippen LogP contribution in [0.1, 0.15) is 31.1 Å². The first-order valence-electron chi connectivity index (χ1n) is 7.65. The molecule has 0 N–H and O–H groups in total.